The number of nitrogens with zero attached hydrogens (tertiary/aromatic N) is 9. The number of aromatic nitrogens is 9. The molecule has 6 heterocycles. The first-order valence-electron chi connectivity index (χ1n) is 45.0. The molecular weight excluding hydrogens is 1680 g/mol. The zero-order valence-electron chi connectivity index (χ0n) is 72.7. The van der Waals surface area contributed by atoms with Gasteiger partial charge in [-0.25, -0.2) is 44.9 Å². The van der Waals surface area contributed by atoms with E-state index in [9.17, 15) is 0 Å². The van der Waals surface area contributed by atoms with Crippen molar-refractivity contribution in [3.05, 3.63) is 467 Å². The summed E-state index contributed by atoms with van der Waals surface area (Å²) in [5.74, 6) is 2.73. The quantitative estimate of drug-likeness (QED) is 0.0970. The van der Waals surface area contributed by atoms with E-state index in [-0.39, 0.29) is 0 Å². The lowest BCUT2D eigenvalue weighted by Gasteiger charge is -2.12. The van der Waals surface area contributed by atoms with Crippen molar-refractivity contribution in [2.75, 3.05) is 0 Å². The van der Waals surface area contributed by atoms with Gasteiger partial charge >= 0.3 is 0 Å². The Morgan fingerprint density at radius 3 is 1.00 bits per heavy atom. The van der Waals surface area contributed by atoms with Gasteiger partial charge in [0.15, 0.2) is 23.1 Å². The van der Waals surface area contributed by atoms with Crippen LogP contribution in [0.2, 0.25) is 0 Å². The van der Waals surface area contributed by atoms with Crippen molar-refractivity contribution >= 4 is 119 Å². The van der Waals surface area contributed by atoms with Crippen molar-refractivity contribution in [1.82, 2.24) is 44.9 Å². The van der Waals surface area contributed by atoms with Crippen molar-refractivity contribution < 1.29 is 4.42 Å². The van der Waals surface area contributed by atoms with Crippen LogP contribution in [-0.4, -0.2) is 44.9 Å². The molecule has 26 rings (SSSR count). The average Bonchev–Trinajstić information content (AvgIpc) is 1.70. The predicted octanol–water partition coefficient (Wildman–Crippen LogP) is 33.0. The van der Waals surface area contributed by atoms with Crippen molar-refractivity contribution in [2.24, 2.45) is 0 Å². The van der Waals surface area contributed by atoms with Crippen molar-refractivity contribution in [3.63, 3.8) is 0 Å². The second-order valence-electron chi connectivity index (χ2n) is 33.4. The van der Waals surface area contributed by atoms with E-state index in [1.165, 1.54) is 52.8 Å². The highest BCUT2D eigenvalue weighted by Crippen LogP contribution is 2.45. The largest absolute Gasteiger partial charge is 0.435 e. The number of fused-ring (bicyclic) bond motifs is 15. The fourth-order valence-electron chi connectivity index (χ4n) is 18.2. The highest BCUT2D eigenvalue weighted by molar-refractivity contribution is 7.22. The van der Waals surface area contributed by atoms with Crippen LogP contribution in [0.25, 0.3) is 253 Å². The molecule has 0 aliphatic heterocycles. The molecule has 0 aliphatic carbocycles. The molecule has 26 aromatic rings. The van der Waals surface area contributed by atoms with Crippen LogP contribution in [0.4, 0.5) is 0 Å². The Hall–Kier alpha value is -17.6. The van der Waals surface area contributed by atoms with Crippen LogP contribution in [0.5, 0.6) is 0 Å². The van der Waals surface area contributed by atoms with Gasteiger partial charge in [-0.2, -0.15) is 0 Å². The van der Waals surface area contributed by atoms with Crippen LogP contribution in [0, 0.1) is 0 Å². The first kappa shape index (κ1) is 80.7. The van der Waals surface area contributed by atoms with E-state index in [4.69, 9.17) is 49.3 Å². The minimum absolute atomic E-state index is 0.622. The molecule has 0 N–H and O–H groups in total. The molecule has 0 fully saturated rings. The lowest BCUT2D eigenvalue weighted by Crippen LogP contribution is -1.96. The summed E-state index contributed by atoms with van der Waals surface area (Å²) in [4.78, 5) is 45.6. The number of hydrogen-bond acceptors (Lipinski definition) is 12. The van der Waals surface area contributed by atoms with Gasteiger partial charge in [0.25, 0.3) is 0 Å². The van der Waals surface area contributed by atoms with Crippen LogP contribution in [0.1, 0.15) is 0 Å². The molecule has 0 bridgehead atoms. The Balaban J connectivity index is 0.000000111. The maximum Gasteiger partial charge on any atom is 0.227 e. The monoisotopic (exact) mass is 1760 g/mol. The van der Waals surface area contributed by atoms with Crippen LogP contribution in [0.15, 0.2) is 472 Å². The van der Waals surface area contributed by atoms with E-state index in [0.717, 1.165) is 177 Å². The van der Waals surface area contributed by atoms with E-state index < -0.39 is 0 Å². The molecule has 0 unspecified atom stereocenters. The van der Waals surface area contributed by atoms with Gasteiger partial charge in [-0.05, 0) is 137 Å². The fraction of sp³-hybridized carbons (Fsp3) is 0. The Morgan fingerprint density at radius 1 is 0.178 bits per heavy atom. The number of hydrogen-bond donors (Lipinski definition) is 0. The van der Waals surface area contributed by atoms with Gasteiger partial charge < -0.3 is 4.42 Å². The summed E-state index contributed by atoms with van der Waals surface area (Å²) in [6.07, 6.45) is 0. The summed E-state index contributed by atoms with van der Waals surface area (Å²) in [6, 6.07) is 162. The van der Waals surface area contributed by atoms with Gasteiger partial charge in [0.2, 0.25) is 5.89 Å². The Kier molecular flexibility index (Phi) is 21.2. The molecular formula is C123H77N9OS2. The normalized spacial score (nSPS) is 11.4. The number of benzene rings is 20. The summed E-state index contributed by atoms with van der Waals surface area (Å²) in [5.41, 5.74) is 26.3. The first-order valence-corrected chi connectivity index (χ1v) is 46.6. The lowest BCUT2D eigenvalue weighted by atomic mass is 9.96. The number of oxazole rings is 1. The smallest absolute Gasteiger partial charge is 0.227 e. The Labute approximate surface area is 786 Å². The van der Waals surface area contributed by atoms with Gasteiger partial charge in [-0.3, -0.25) is 0 Å². The molecule has 12 heteroatoms. The second kappa shape index (κ2) is 35.4. The number of rotatable bonds is 14. The highest BCUT2D eigenvalue weighted by Gasteiger charge is 2.22. The van der Waals surface area contributed by atoms with Gasteiger partial charge in [0.1, 0.15) is 15.5 Å². The molecule has 0 atom stereocenters. The molecule has 0 amide bonds. The van der Waals surface area contributed by atoms with Crippen molar-refractivity contribution in [2.45, 2.75) is 0 Å². The van der Waals surface area contributed by atoms with E-state index in [0.29, 0.717) is 23.4 Å². The van der Waals surface area contributed by atoms with Crippen LogP contribution < -0.4 is 0 Å². The lowest BCUT2D eigenvalue weighted by molar-refractivity contribution is 0.623. The highest BCUT2D eigenvalue weighted by atomic mass is 32.1. The average molecular weight is 1760 g/mol. The SMILES string of the molecule is c1ccc(-c2cc(-c3ccccc3)nc(-c3ccc(-c4ccc5c(ccc6ccc7sc(-c8ccccc8)nc7c65)c4)cc3)n2)cc1.c1ccc(-c2cc(-c3ccccc3)nc(-c3cccc4c3ccc3ccc5sc(-c6ccccc6)nc5c34)n2)cc1.c1ccc(-c2cccc(-c3cc(-c4ccccc4)nc(-c4ccc5c(ccc6ccc7nc(-c8ccccc8)oc7c65)c4)n3)c2)cc1. The summed E-state index contributed by atoms with van der Waals surface area (Å²) >= 11 is 3.49. The zero-order valence-corrected chi connectivity index (χ0v) is 74.3. The Bertz CT molecular complexity index is 8830. The minimum atomic E-state index is 0.622. The molecule has 135 heavy (non-hydrogen) atoms. The van der Waals surface area contributed by atoms with Gasteiger partial charge in [-0.1, -0.05) is 400 Å². The van der Waals surface area contributed by atoms with Gasteiger partial charge in [0, 0.05) is 82.9 Å². The van der Waals surface area contributed by atoms with Crippen molar-refractivity contribution in [3.8, 4) is 157 Å². The summed E-state index contributed by atoms with van der Waals surface area (Å²) < 4.78 is 8.81. The molecule has 0 spiro atoms. The van der Waals surface area contributed by atoms with Crippen LogP contribution in [0.3, 0.4) is 0 Å². The molecule has 632 valence electrons. The van der Waals surface area contributed by atoms with Crippen LogP contribution >= 0.6 is 22.7 Å². The van der Waals surface area contributed by atoms with Crippen molar-refractivity contribution in [1.29, 1.82) is 0 Å². The number of thiazole rings is 2. The Morgan fingerprint density at radius 2 is 0.504 bits per heavy atom. The summed E-state index contributed by atoms with van der Waals surface area (Å²) in [6.45, 7) is 0. The summed E-state index contributed by atoms with van der Waals surface area (Å²) in [7, 11) is 0. The maximum atomic E-state index is 6.43. The standard InChI is InChI=1S/C43H27N3O.C43H27N3S.C37H23N3S/c1-4-11-28(12-5-1)32-17-10-18-34(25-32)39-27-38(29-13-6-2-7-14-29)44-42(45-39)35-21-23-36-33(26-35)20-19-30-22-24-37-41(40(30)36)47-43(46-37)31-15-8-3-9-16-31;1-4-10-29(11-5-1)37-27-38(30-12-6-2-7-13-30)45-42(44-37)32-19-16-28(17-20-32)34-22-24-36-35(26-34)21-18-31-23-25-39-41(40(31)36)46-43(47-39)33-14-8-3-9-15-33;1-4-11-24(12-5-1)31-23-32(25-13-6-2-7-14-25)39-36(38-31)30-18-10-17-29-28(30)21-19-26-20-22-33-35(34(26)29)40-37(41-33)27-15-8-3-9-16-27/h2*1-27H;1-23H. The molecule has 0 saturated heterocycles. The zero-order chi connectivity index (χ0) is 89.5. The van der Waals surface area contributed by atoms with Gasteiger partial charge in [0.05, 0.1) is 54.6 Å². The van der Waals surface area contributed by atoms with E-state index in [1.807, 2.05) is 146 Å². The third kappa shape index (κ3) is 16.0. The predicted molar refractivity (Wildman–Crippen MR) is 561 cm³/mol. The molecule has 0 saturated carbocycles. The maximum absolute atomic E-state index is 6.43. The van der Waals surface area contributed by atoms with Crippen LogP contribution in [-0.2, 0) is 0 Å². The third-order valence-electron chi connectivity index (χ3n) is 24.9. The third-order valence-corrected chi connectivity index (χ3v) is 27.1. The molecule has 6 aromatic heterocycles. The molecule has 0 aliphatic rings. The molecule has 20 aromatic carbocycles. The van der Waals surface area contributed by atoms with E-state index in [2.05, 4.69) is 322 Å². The second-order valence-corrected chi connectivity index (χ2v) is 35.5. The molecule has 0 radical (unpaired) electrons. The van der Waals surface area contributed by atoms with Gasteiger partial charge in [-0.15, -0.1) is 22.7 Å². The minimum Gasteiger partial charge on any atom is -0.435 e. The van der Waals surface area contributed by atoms with E-state index in [1.54, 1.807) is 22.7 Å². The topological polar surface area (TPSA) is 129 Å². The van der Waals surface area contributed by atoms with E-state index >= 15 is 0 Å². The molecule has 10 nitrogen and oxygen atoms in total. The summed E-state index contributed by atoms with van der Waals surface area (Å²) in [5, 5.41) is 15.9. The fourth-order valence-corrected chi connectivity index (χ4v) is 20.2. The first-order chi connectivity index (χ1) is 66.8.